The van der Waals surface area contributed by atoms with E-state index in [4.69, 9.17) is 5.73 Å². The fraction of sp³-hybridized carbons (Fsp3) is 0.471. The minimum atomic E-state index is -0.146. The molecule has 1 aromatic carbocycles. The van der Waals surface area contributed by atoms with Gasteiger partial charge in [-0.05, 0) is 37.9 Å². The molecule has 0 aliphatic carbocycles. The molecule has 0 saturated carbocycles. The van der Waals surface area contributed by atoms with Crippen molar-refractivity contribution in [3.63, 3.8) is 0 Å². The molecule has 23 heavy (non-hydrogen) atoms. The van der Waals surface area contributed by atoms with Crippen molar-refractivity contribution in [2.24, 2.45) is 5.73 Å². The van der Waals surface area contributed by atoms with Crippen LogP contribution in [0.2, 0.25) is 0 Å². The molecule has 0 spiro atoms. The van der Waals surface area contributed by atoms with E-state index in [1.54, 1.807) is 17.4 Å². The first kappa shape index (κ1) is 16.2. The summed E-state index contributed by atoms with van der Waals surface area (Å²) in [6.45, 7) is 3.36. The zero-order valence-electron chi connectivity index (χ0n) is 13.2. The Morgan fingerprint density at radius 1 is 1.30 bits per heavy atom. The highest BCUT2D eigenvalue weighted by Crippen LogP contribution is 2.28. The summed E-state index contributed by atoms with van der Waals surface area (Å²) in [5.41, 5.74) is 6.38. The molecule has 0 amide bonds. The quantitative estimate of drug-likeness (QED) is 0.882. The minimum absolute atomic E-state index is 0.146. The van der Waals surface area contributed by atoms with Crippen LogP contribution in [0.1, 0.15) is 19.3 Å². The number of thiazole rings is 1. The lowest BCUT2D eigenvalue weighted by atomic mass is 10.0. The molecule has 0 atom stereocenters. The molecule has 124 valence electrons. The van der Waals surface area contributed by atoms with E-state index < -0.39 is 0 Å². The van der Waals surface area contributed by atoms with Crippen molar-refractivity contribution >= 4 is 22.2 Å². The number of para-hydroxylation sites is 1. The lowest BCUT2D eigenvalue weighted by Gasteiger charge is -2.40. The first-order valence-corrected chi connectivity index (χ1v) is 9.03. The summed E-state index contributed by atoms with van der Waals surface area (Å²) in [7, 11) is 0. The van der Waals surface area contributed by atoms with E-state index in [2.05, 4.69) is 14.8 Å². The van der Waals surface area contributed by atoms with Gasteiger partial charge in [0.15, 0.2) is 5.13 Å². The molecule has 0 unspecified atom stereocenters. The van der Waals surface area contributed by atoms with E-state index in [9.17, 15) is 4.39 Å². The standard InChI is InChI=1S/C17H23FN4S/c18-15-4-1-2-5-16(15)22(10-3-8-19)14-6-11-21(12-7-14)17-20-9-13-23-17/h1-2,4-5,9,13-14H,3,6-8,10-12,19H2. The molecule has 2 N–H and O–H groups in total. The van der Waals surface area contributed by atoms with E-state index in [0.717, 1.165) is 44.0 Å². The summed E-state index contributed by atoms with van der Waals surface area (Å²) in [6, 6.07) is 7.41. The lowest BCUT2D eigenvalue weighted by Crippen LogP contribution is -2.46. The van der Waals surface area contributed by atoms with Gasteiger partial charge >= 0.3 is 0 Å². The van der Waals surface area contributed by atoms with Crippen molar-refractivity contribution in [1.29, 1.82) is 0 Å². The second-order valence-electron chi connectivity index (χ2n) is 5.82. The van der Waals surface area contributed by atoms with Crippen LogP contribution in [-0.4, -0.2) is 37.2 Å². The lowest BCUT2D eigenvalue weighted by molar-refractivity contribution is 0.455. The van der Waals surface area contributed by atoms with Gasteiger partial charge in [0.25, 0.3) is 0 Å². The van der Waals surface area contributed by atoms with Crippen molar-refractivity contribution in [2.75, 3.05) is 36.0 Å². The maximum atomic E-state index is 14.2. The number of anilines is 2. The zero-order valence-corrected chi connectivity index (χ0v) is 14.0. The van der Waals surface area contributed by atoms with Gasteiger partial charge in [0.1, 0.15) is 5.82 Å². The van der Waals surface area contributed by atoms with Crippen LogP contribution in [-0.2, 0) is 0 Å². The molecule has 1 saturated heterocycles. The molecule has 1 fully saturated rings. The Hall–Kier alpha value is -1.66. The first-order chi connectivity index (χ1) is 11.3. The van der Waals surface area contributed by atoms with Crippen LogP contribution in [0.5, 0.6) is 0 Å². The predicted molar refractivity (Wildman–Crippen MR) is 94.8 cm³/mol. The van der Waals surface area contributed by atoms with E-state index in [1.165, 1.54) is 6.07 Å². The summed E-state index contributed by atoms with van der Waals surface area (Å²) >= 11 is 1.68. The Balaban J connectivity index is 1.70. The highest BCUT2D eigenvalue weighted by Gasteiger charge is 2.26. The van der Waals surface area contributed by atoms with Crippen molar-refractivity contribution in [3.05, 3.63) is 41.7 Å². The van der Waals surface area contributed by atoms with Gasteiger partial charge in [-0.15, -0.1) is 11.3 Å². The number of hydrogen-bond donors (Lipinski definition) is 1. The van der Waals surface area contributed by atoms with Crippen molar-refractivity contribution in [1.82, 2.24) is 4.98 Å². The van der Waals surface area contributed by atoms with Crippen LogP contribution in [0.15, 0.2) is 35.8 Å². The Kier molecular flexibility index (Phi) is 5.46. The molecule has 1 aromatic heterocycles. The van der Waals surface area contributed by atoms with Gasteiger partial charge in [-0.25, -0.2) is 9.37 Å². The third-order valence-electron chi connectivity index (χ3n) is 4.36. The Morgan fingerprint density at radius 2 is 2.09 bits per heavy atom. The molecule has 4 nitrogen and oxygen atoms in total. The molecule has 6 heteroatoms. The number of nitrogens with two attached hydrogens (primary N) is 1. The molecular formula is C17H23FN4S. The Bertz CT molecular complexity index is 596. The van der Waals surface area contributed by atoms with Crippen LogP contribution in [0.4, 0.5) is 15.2 Å². The van der Waals surface area contributed by atoms with Crippen LogP contribution in [0.25, 0.3) is 0 Å². The molecule has 2 aromatic rings. The van der Waals surface area contributed by atoms with E-state index in [1.807, 2.05) is 23.7 Å². The smallest absolute Gasteiger partial charge is 0.185 e. The predicted octanol–water partition coefficient (Wildman–Crippen LogP) is 3.11. The third-order valence-corrected chi connectivity index (χ3v) is 5.19. The number of halogens is 1. The van der Waals surface area contributed by atoms with Crippen LogP contribution in [0, 0.1) is 5.82 Å². The SMILES string of the molecule is NCCCN(c1ccccc1F)C1CCN(c2nccs2)CC1. The maximum Gasteiger partial charge on any atom is 0.185 e. The van der Waals surface area contributed by atoms with Gasteiger partial charge in [0, 0.05) is 37.3 Å². The highest BCUT2D eigenvalue weighted by atomic mass is 32.1. The second kappa shape index (κ2) is 7.75. The molecule has 0 radical (unpaired) electrons. The molecule has 2 heterocycles. The topological polar surface area (TPSA) is 45.4 Å². The van der Waals surface area contributed by atoms with Gasteiger partial charge < -0.3 is 15.5 Å². The Labute approximate surface area is 140 Å². The van der Waals surface area contributed by atoms with Crippen LogP contribution >= 0.6 is 11.3 Å². The number of rotatable bonds is 6. The Morgan fingerprint density at radius 3 is 2.74 bits per heavy atom. The van der Waals surface area contributed by atoms with Gasteiger partial charge in [-0.2, -0.15) is 0 Å². The number of aromatic nitrogens is 1. The summed E-state index contributed by atoms with van der Waals surface area (Å²) in [4.78, 5) is 8.92. The molecule has 0 bridgehead atoms. The highest BCUT2D eigenvalue weighted by molar-refractivity contribution is 7.13. The number of hydrogen-bond acceptors (Lipinski definition) is 5. The minimum Gasteiger partial charge on any atom is -0.366 e. The fourth-order valence-corrected chi connectivity index (χ4v) is 3.88. The molecule has 3 rings (SSSR count). The van der Waals surface area contributed by atoms with E-state index in [-0.39, 0.29) is 5.82 Å². The average molecular weight is 334 g/mol. The number of benzene rings is 1. The first-order valence-electron chi connectivity index (χ1n) is 8.15. The number of nitrogens with zero attached hydrogens (tertiary/aromatic N) is 3. The third kappa shape index (κ3) is 3.82. The molecular weight excluding hydrogens is 311 g/mol. The average Bonchev–Trinajstić information content (AvgIpc) is 3.12. The number of piperidine rings is 1. The summed E-state index contributed by atoms with van der Waals surface area (Å²) in [5, 5.41) is 3.09. The molecule has 1 aliphatic rings. The largest absolute Gasteiger partial charge is 0.366 e. The molecule has 1 aliphatic heterocycles. The van der Waals surface area contributed by atoms with Gasteiger partial charge in [-0.1, -0.05) is 12.1 Å². The van der Waals surface area contributed by atoms with E-state index >= 15 is 0 Å². The van der Waals surface area contributed by atoms with Gasteiger partial charge in [0.05, 0.1) is 5.69 Å². The van der Waals surface area contributed by atoms with Crippen LogP contribution < -0.4 is 15.5 Å². The summed E-state index contributed by atoms with van der Waals surface area (Å²) in [6.07, 6.45) is 4.75. The van der Waals surface area contributed by atoms with E-state index in [0.29, 0.717) is 18.3 Å². The second-order valence-corrected chi connectivity index (χ2v) is 6.69. The van der Waals surface area contributed by atoms with Crippen molar-refractivity contribution in [2.45, 2.75) is 25.3 Å². The van der Waals surface area contributed by atoms with Gasteiger partial charge in [-0.3, -0.25) is 0 Å². The summed E-state index contributed by atoms with van der Waals surface area (Å²) < 4.78 is 14.2. The van der Waals surface area contributed by atoms with Crippen molar-refractivity contribution in [3.8, 4) is 0 Å². The van der Waals surface area contributed by atoms with Crippen LogP contribution in [0.3, 0.4) is 0 Å². The monoisotopic (exact) mass is 334 g/mol. The van der Waals surface area contributed by atoms with Gasteiger partial charge in [0.2, 0.25) is 0 Å². The summed E-state index contributed by atoms with van der Waals surface area (Å²) in [5.74, 6) is -0.146. The normalized spacial score (nSPS) is 15.8. The fourth-order valence-electron chi connectivity index (χ4n) is 3.19. The zero-order chi connectivity index (χ0) is 16.1. The van der Waals surface area contributed by atoms with Crippen molar-refractivity contribution < 1.29 is 4.39 Å². The maximum absolute atomic E-state index is 14.2.